The van der Waals surface area contributed by atoms with Crippen LogP contribution < -0.4 is 5.32 Å². The van der Waals surface area contributed by atoms with Crippen molar-refractivity contribution in [3.05, 3.63) is 22.3 Å². The molecule has 6 heteroatoms. The van der Waals surface area contributed by atoms with Crippen molar-refractivity contribution >= 4 is 21.7 Å². The molecule has 1 N–H and O–H groups in total. The zero-order valence-electron chi connectivity index (χ0n) is 7.32. The van der Waals surface area contributed by atoms with E-state index in [1.807, 2.05) is 6.92 Å². The molecule has 0 atom stereocenters. The highest BCUT2D eigenvalue weighted by atomic mass is 79.9. The molecule has 0 bridgehead atoms. The molecular formula is C8H8BrF3N2. The van der Waals surface area contributed by atoms with Crippen molar-refractivity contribution in [2.45, 2.75) is 13.1 Å². The maximum Gasteiger partial charge on any atom is 0.417 e. The summed E-state index contributed by atoms with van der Waals surface area (Å²) >= 11 is 3.02. The molecule has 0 aromatic carbocycles. The van der Waals surface area contributed by atoms with Crippen molar-refractivity contribution in [3.8, 4) is 0 Å². The van der Waals surface area contributed by atoms with E-state index in [1.165, 1.54) is 0 Å². The second-order valence-electron chi connectivity index (χ2n) is 2.58. The van der Waals surface area contributed by atoms with E-state index in [0.29, 0.717) is 16.8 Å². The van der Waals surface area contributed by atoms with E-state index in [2.05, 4.69) is 26.2 Å². The minimum atomic E-state index is -4.35. The van der Waals surface area contributed by atoms with Crippen LogP contribution in [0.5, 0.6) is 0 Å². The van der Waals surface area contributed by atoms with E-state index in [-0.39, 0.29) is 0 Å². The van der Waals surface area contributed by atoms with E-state index < -0.39 is 11.7 Å². The molecule has 1 aromatic heterocycles. The molecular weight excluding hydrogens is 261 g/mol. The molecule has 1 heterocycles. The number of hydrogen-bond acceptors (Lipinski definition) is 2. The molecule has 0 saturated heterocycles. The van der Waals surface area contributed by atoms with Gasteiger partial charge in [-0.1, -0.05) is 0 Å². The molecule has 14 heavy (non-hydrogen) atoms. The molecule has 0 aliphatic carbocycles. The van der Waals surface area contributed by atoms with Gasteiger partial charge in [0, 0.05) is 12.7 Å². The standard InChI is InChI=1S/C8H8BrF3N2/c1-2-13-7-6(9)3-5(4-14-7)8(10,11)12/h3-4H,2H2,1H3,(H,13,14). The third-order valence-corrected chi connectivity index (χ3v) is 2.12. The summed E-state index contributed by atoms with van der Waals surface area (Å²) in [6, 6.07) is 1.00. The van der Waals surface area contributed by atoms with Crippen LogP contribution in [0.4, 0.5) is 19.0 Å². The van der Waals surface area contributed by atoms with Crippen LogP contribution in [-0.2, 0) is 6.18 Å². The van der Waals surface area contributed by atoms with Crippen molar-refractivity contribution in [1.82, 2.24) is 4.98 Å². The Bertz CT molecular complexity index is 325. The van der Waals surface area contributed by atoms with Crippen LogP contribution in [0.3, 0.4) is 0 Å². The van der Waals surface area contributed by atoms with E-state index >= 15 is 0 Å². The van der Waals surface area contributed by atoms with Crippen molar-refractivity contribution in [3.63, 3.8) is 0 Å². The normalized spacial score (nSPS) is 11.5. The molecule has 0 spiro atoms. The number of nitrogens with zero attached hydrogens (tertiary/aromatic N) is 1. The summed E-state index contributed by atoms with van der Waals surface area (Å²) < 4.78 is 36.9. The number of hydrogen-bond donors (Lipinski definition) is 1. The highest BCUT2D eigenvalue weighted by molar-refractivity contribution is 9.10. The molecule has 1 rings (SSSR count). The van der Waals surface area contributed by atoms with E-state index in [0.717, 1.165) is 12.3 Å². The van der Waals surface area contributed by atoms with Crippen molar-refractivity contribution in [2.24, 2.45) is 0 Å². The maximum absolute atomic E-state index is 12.2. The Hall–Kier alpha value is -0.780. The molecule has 0 aliphatic heterocycles. The molecule has 0 aliphatic rings. The van der Waals surface area contributed by atoms with Gasteiger partial charge < -0.3 is 5.32 Å². The van der Waals surface area contributed by atoms with Crippen molar-refractivity contribution in [1.29, 1.82) is 0 Å². The number of nitrogens with one attached hydrogen (secondary N) is 1. The molecule has 0 saturated carbocycles. The summed E-state index contributed by atoms with van der Waals surface area (Å²) in [6.07, 6.45) is -3.54. The van der Waals surface area contributed by atoms with E-state index in [9.17, 15) is 13.2 Å². The molecule has 78 valence electrons. The Balaban J connectivity index is 3.01. The summed E-state index contributed by atoms with van der Waals surface area (Å²) in [4.78, 5) is 3.66. The largest absolute Gasteiger partial charge is 0.417 e. The van der Waals surface area contributed by atoms with Gasteiger partial charge in [0.1, 0.15) is 5.82 Å². The quantitative estimate of drug-likeness (QED) is 0.891. The van der Waals surface area contributed by atoms with Crippen LogP contribution in [-0.4, -0.2) is 11.5 Å². The van der Waals surface area contributed by atoms with Crippen LogP contribution >= 0.6 is 15.9 Å². The number of pyridine rings is 1. The van der Waals surface area contributed by atoms with Crippen LogP contribution in [0, 0.1) is 0 Å². The molecule has 0 unspecified atom stereocenters. The summed E-state index contributed by atoms with van der Waals surface area (Å²) in [5.74, 6) is 0.417. The molecule has 2 nitrogen and oxygen atoms in total. The summed E-state index contributed by atoms with van der Waals surface area (Å²) in [5.41, 5.74) is -0.758. The van der Waals surface area contributed by atoms with Crippen LogP contribution in [0.2, 0.25) is 0 Å². The van der Waals surface area contributed by atoms with Gasteiger partial charge in [-0.25, -0.2) is 4.98 Å². The predicted octanol–water partition coefficient (Wildman–Crippen LogP) is 3.29. The minimum absolute atomic E-state index is 0.314. The fourth-order valence-electron chi connectivity index (χ4n) is 0.890. The van der Waals surface area contributed by atoms with Gasteiger partial charge in [0.25, 0.3) is 0 Å². The first-order valence-corrected chi connectivity index (χ1v) is 4.71. The van der Waals surface area contributed by atoms with Gasteiger partial charge in [-0.15, -0.1) is 0 Å². The number of halogens is 4. The lowest BCUT2D eigenvalue weighted by molar-refractivity contribution is -0.137. The Morgan fingerprint density at radius 2 is 2.14 bits per heavy atom. The fraction of sp³-hybridized carbons (Fsp3) is 0.375. The van der Waals surface area contributed by atoms with Gasteiger partial charge >= 0.3 is 6.18 Å². The van der Waals surface area contributed by atoms with Crippen LogP contribution in [0.1, 0.15) is 12.5 Å². The first kappa shape index (κ1) is 11.3. The van der Waals surface area contributed by atoms with Gasteiger partial charge in [0.2, 0.25) is 0 Å². The number of aromatic nitrogens is 1. The smallest absolute Gasteiger partial charge is 0.369 e. The predicted molar refractivity (Wildman–Crippen MR) is 51.1 cm³/mol. The lowest BCUT2D eigenvalue weighted by atomic mass is 10.3. The first-order chi connectivity index (χ1) is 6.45. The second-order valence-corrected chi connectivity index (χ2v) is 3.44. The van der Waals surface area contributed by atoms with Gasteiger partial charge in [-0.2, -0.15) is 13.2 Å². The minimum Gasteiger partial charge on any atom is -0.369 e. The third kappa shape index (κ3) is 2.60. The second kappa shape index (κ2) is 4.16. The summed E-state index contributed by atoms with van der Waals surface area (Å²) in [6.45, 7) is 2.45. The van der Waals surface area contributed by atoms with E-state index in [4.69, 9.17) is 0 Å². The lowest BCUT2D eigenvalue weighted by Crippen LogP contribution is -2.07. The highest BCUT2D eigenvalue weighted by Gasteiger charge is 2.31. The lowest BCUT2D eigenvalue weighted by Gasteiger charge is -2.09. The third-order valence-electron chi connectivity index (χ3n) is 1.51. The zero-order chi connectivity index (χ0) is 10.8. The first-order valence-electron chi connectivity index (χ1n) is 3.91. The average Bonchev–Trinajstić information content (AvgIpc) is 2.07. The number of rotatable bonds is 2. The van der Waals surface area contributed by atoms with E-state index in [1.54, 1.807) is 0 Å². The monoisotopic (exact) mass is 268 g/mol. The zero-order valence-corrected chi connectivity index (χ0v) is 8.91. The van der Waals surface area contributed by atoms with Crippen molar-refractivity contribution in [2.75, 3.05) is 11.9 Å². The summed E-state index contributed by atoms with van der Waals surface area (Å²) in [5, 5.41) is 2.83. The Morgan fingerprint density at radius 1 is 1.50 bits per heavy atom. The number of anilines is 1. The molecule has 0 radical (unpaired) electrons. The van der Waals surface area contributed by atoms with Crippen LogP contribution in [0.15, 0.2) is 16.7 Å². The topological polar surface area (TPSA) is 24.9 Å². The average molecular weight is 269 g/mol. The Labute approximate surface area is 87.7 Å². The molecule has 0 amide bonds. The Morgan fingerprint density at radius 3 is 2.57 bits per heavy atom. The SMILES string of the molecule is CCNc1ncc(C(F)(F)F)cc1Br. The van der Waals surface area contributed by atoms with Crippen molar-refractivity contribution < 1.29 is 13.2 Å². The Kier molecular flexibility index (Phi) is 3.36. The molecule has 0 fully saturated rings. The highest BCUT2D eigenvalue weighted by Crippen LogP contribution is 2.32. The van der Waals surface area contributed by atoms with Gasteiger partial charge in [-0.05, 0) is 28.9 Å². The van der Waals surface area contributed by atoms with Gasteiger partial charge in [-0.3, -0.25) is 0 Å². The fourth-order valence-corrected chi connectivity index (χ4v) is 1.38. The number of alkyl halides is 3. The van der Waals surface area contributed by atoms with Crippen LogP contribution in [0.25, 0.3) is 0 Å². The maximum atomic E-state index is 12.2. The van der Waals surface area contributed by atoms with Gasteiger partial charge in [0.15, 0.2) is 0 Å². The summed E-state index contributed by atoms with van der Waals surface area (Å²) in [7, 11) is 0. The molecule has 1 aromatic rings. The van der Waals surface area contributed by atoms with Gasteiger partial charge in [0.05, 0.1) is 10.0 Å².